The Bertz CT molecular complexity index is 292. The van der Waals surface area contributed by atoms with Crippen LogP contribution in [0.4, 0.5) is 5.95 Å². The summed E-state index contributed by atoms with van der Waals surface area (Å²) in [5.41, 5.74) is 1.04. The van der Waals surface area contributed by atoms with Gasteiger partial charge in [0.15, 0.2) is 0 Å². The zero-order valence-corrected chi connectivity index (χ0v) is 10.1. The fourth-order valence-corrected chi connectivity index (χ4v) is 1.24. The molecule has 0 aliphatic carbocycles. The molecule has 0 saturated carbocycles. The van der Waals surface area contributed by atoms with Crippen molar-refractivity contribution in [2.24, 2.45) is 0 Å². The Labute approximate surface area is 101 Å². The van der Waals surface area contributed by atoms with E-state index < -0.39 is 0 Å². The molecule has 0 bridgehead atoms. The number of rotatable bonds is 9. The lowest BCUT2D eigenvalue weighted by atomic mass is 10.3. The van der Waals surface area contributed by atoms with E-state index in [0.29, 0.717) is 19.2 Å². The minimum absolute atomic E-state index is 0.0692. The third kappa shape index (κ3) is 6.15. The number of hydrogen-bond donors (Lipinski definition) is 3. The van der Waals surface area contributed by atoms with Gasteiger partial charge < -0.3 is 20.5 Å². The Morgan fingerprint density at radius 1 is 1.29 bits per heavy atom. The van der Waals surface area contributed by atoms with Gasteiger partial charge in [-0.15, -0.1) is 0 Å². The number of nitrogens with one attached hydrogen (secondary N) is 2. The summed E-state index contributed by atoms with van der Waals surface area (Å²) in [5, 5.41) is 14.7. The molecular weight excluding hydrogens is 220 g/mol. The molecule has 0 atom stereocenters. The molecule has 1 heterocycles. The van der Waals surface area contributed by atoms with Crippen LogP contribution in [0.2, 0.25) is 0 Å². The van der Waals surface area contributed by atoms with E-state index in [1.54, 1.807) is 12.4 Å². The van der Waals surface area contributed by atoms with E-state index in [2.05, 4.69) is 20.6 Å². The Hall–Kier alpha value is -1.24. The molecule has 96 valence electrons. The van der Waals surface area contributed by atoms with Crippen molar-refractivity contribution >= 4 is 5.95 Å². The first-order valence-corrected chi connectivity index (χ1v) is 5.81. The van der Waals surface area contributed by atoms with Gasteiger partial charge in [-0.2, -0.15) is 0 Å². The van der Waals surface area contributed by atoms with Gasteiger partial charge in [-0.25, -0.2) is 9.97 Å². The van der Waals surface area contributed by atoms with E-state index in [1.807, 2.05) is 6.92 Å². The number of ether oxygens (including phenoxy) is 1. The molecule has 6 nitrogen and oxygen atoms in total. The molecular formula is C11H20N4O2. The topological polar surface area (TPSA) is 79.3 Å². The molecule has 1 aromatic rings. The summed E-state index contributed by atoms with van der Waals surface area (Å²) in [7, 11) is 0. The summed E-state index contributed by atoms with van der Waals surface area (Å²) in [6, 6.07) is 0. The number of anilines is 1. The lowest BCUT2D eigenvalue weighted by molar-refractivity contribution is 0.0938. The molecule has 6 heteroatoms. The summed E-state index contributed by atoms with van der Waals surface area (Å²) in [5.74, 6) is 0.655. The standard InChI is InChI=1S/C11H20N4O2/c1-2-13-11-14-8-10(9-15-11)7-12-3-5-17-6-4-16/h8-9,12,16H,2-7H2,1H3,(H,13,14,15). The maximum Gasteiger partial charge on any atom is 0.222 e. The van der Waals surface area contributed by atoms with Gasteiger partial charge in [-0.1, -0.05) is 0 Å². The second-order valence-electron chi connectivity index (χ2n) is 3.46. The molecule has 0 saturated heterocycles. The number of nitrogens with zero attached hydrogens (tertiary/aromatic N) is 2. The molecule has 1 rings (SSSR count). The Morgan fingerprint density at radius 2 is 2.06 bits per heavy atom. The fourth-order valence-electron chi connectivity index (χ4n) is 1.24. The van der Waals surface area contributed by atoms with Crippen LogP contribution in [0.5, 0.6) is 0 Å². The third-order valence-electron chi connectivity index (χ3n) is 2.03. The summed E-state index contributed by atoms with van der Waals surface area (Å²) < 4.78 is 5.12. The normalized spacial score (nSPS) is 10.5. The lowest BCUT2D eigenvalue weighted by Crippen LogP contribution is -2.20. The molecule has 1 aromatic heterocycles. The van der Waals surface area contributed by atoms with E-state index in [-0.39, 0.29) is 6.61 Å². The van der Waals surface area contributed by atoms with Crippen LogP contribution in [-0.4, -0.2) is 48.0 Å². The summed E-state index contributed by atoms with van der Waals surface area (Å²) in [6.45, 7) is 5.34. The van der Waals surface area contributed by atoms with Crippen LogP contribution in [0.1, 0.15) is 12.5 Å². The zero-order chi connectivity index (χ0) is 12.3. The molecule has 0 amide bonds. The molecule has 0 radical (unpaired) electrons. The van der Waals surface area contributed by atoms with E-state index in [4.69, 9.17) is 9.84 Å². The van der Waals surface area contributed by atoms with Gasteiger partial charge in [0.1, 0.15) is 0 Å². The van der Waals surface area contributed by atoms with Gasteiger partial charge in [0.25, 0.3) is 0 Å². The second kappa shape index (κ2) is 8.86. The van der Waals surface area contributed by atoms with E-state index >= 15 is 0 Å². The van der Waals surface area contributed by atoms with Crippen LogP contribution in [0, 0.1) is 0 Å². The van der Waals surface area contributed by atoms with Crippen LogP contribution in [0.15, 0.2) is 12.4 Å². The van der Waals surface area contributed by atoms with Gasteiger partial charge in [-0.05, 0) is 6.92 Å². The molecule has 0 aliphatic heterocycles. The van der Waals surface area contributed by atoms with Crippen molar-refractivity contribution in [3.8, 4) is 0 Å². The van der Waals surface area contributed by atoms with Crippen molar-refractivity contribution in [1.82, 2.24) is 15.3 Å². The van der Waals surface area contributed by atoms with Crippen LogP contribution in [-0.2, 0) is 11.3 Å². The van der Waals surface area contributed by atoms with Crippen molar-refractivity contribution in [3.05, 3.63) is 18.0 Å². The first-order valence-electron chi connectivity index (χ1n) is 5.81. The number of aliphatic hydroxyl groups excluding tert-OH is 1. The number of hydrogen-bond acceptors (Lipinski definition) is 6. The van der Waals surface area contributed by atoms with Crippen molar-refractivity contribution < 1.29 is 9.84 Å². The quantitative estimate of drug-likeness (QED) is 0.528. The molecule has 0 spiro atoms. The smallest absolute Gasteiger partial charge is 0.222 e. The molecule has 0 unspecified atom stereocenters. The summed E-state index contributed by atoms with van der Waals surface area (Å²) in [4.78, 5) is 8.34. The average Bonchev–Trinajstić information content (AvgIpc) is 2.36. The number of aromatic nitrogens is 2. The maximum absolute atomic E-state index is 8.50. The first kappa shape index (κ1) is 13.8. The van der Waals surface area contributed by atoms with Crippen molar-refractivity contribution in [2.45, 2.75) is 13.5 Å². The highest BCUT2D eigenvalue weighted by Gasteiger charge is 1.96. The van der Waals surface area contributed by atoms with Gasteiger partial charge in [0.05, 0.1) is 19.8 Å². The Balaban J connectivity index is 2.14. The molecule has 17 heavy (non-hydrogen) atoms. The van der Waals surface area contributed by atoms with E-state index in [1.165, 1.54) is 0 Å². The lowest BCUT2D eigenvalue weighted by Gasteiger charge is -2.06. The highest BCUT2D eigenvalue weighted by atomic mass is 16.5. The van der Waals surface area contributed by atoms with Crippen molar-refractivity contribution in [1.29, 1.82) is 0 Å². The van der Waals surface area contributed by atoms with Gasteiger partial charge in [0.2, 0.25) is 5.95 Å². The maximum atomic E-state index is 8.50. The highest BCUT2D eigenvalue weighted by Crippen LogP contribution is 1.99. The minimum Gasteiger partial charge on any atom is -0.394 e. The first-order chi connectivity index (χ1) is 8.36. The number of aliphatic hydroxyl groups is 1. The third-order valence-corrected chi connectivity index (χ3v) is 2.03. The molecule has 0 fully saturated rings. The summed E-state index contributed by atoms with van der Waals surface area (Å²) in [6.07, 6.45) is 3.60. The highest BCUT2D eigenvalue weighted by molar-refractivity contribution is 5.24. The van der Waals surface area contributed by atoms with Gasteiger partial charge in [0, 0.05) is 37.6 Å². The Kier molecular flexibility index (Phi) is 7.20. The molecule has 0 aromatic carbocycles. The Morgan fingerprint density at radius 3 is 2.71 bits per heavy atom. The zero-order valence-electron chi connectivity index (χ0n) is 10.1. The van der Waals surface area contributed by atoms with Crippen molar-refractivity contribution in [3.63, 3.8) is 0 Å². The van der Waals surface area contributed by atoms with Crippen LogP contribution in [0.3, 0.4) is 0 Å². The summed E-state index contributed by atoms with van der Waals surface area (Å²) >= 11 is 0. The monoisotopic (exact) mass is 240 g/mol. The minimum atomic E-state index is 0.0692. The SMILES string of the molecule is CCNc1ncc(CNCCOCCO)cn1. The van der Waals surface area contributed by atoms with E-state index in [9.17, 15) is 0 Å². The van der Waals surface area contributed by atoms with Crippen LogP contribution < -0.4 is 10.6 Å². The predicted molar refractivity (Wildman–Crippen MR) is 65.8 cm³/mol. The van der Waals surface area contributed by atoms with Crippen LogP contribution in [0.25, 0.3) is 0 Å². The fraction of sp³-hybridized carbons (Fsp3) is 0.636. The predicted octanol–water partition coefficient (Wildman–Crippen LogP) is 0.00690. The second-order valence-corrected chi connectivity index (χ2v) is 3.46. The van der Waals surface area contributed by atoms with Crippen molar-refractivity contribution in [2.75, 3.05) is 38.2 Å². The van der Waals surface area contributed by atoms with Crippen LogP contribution >= 0.6 is 0 Å². The molecule has 3 N–H and O–H groups in total. The van der Waals surface area contributed by atoms with E-state index in [0.717, 1.165) is 25.2 Å². The average molecular weight is 240 g/mol. The van der Waals surface area contributed by atoms with Gasteiger partial charge in [-0.3, -0.25) is 0 Å². The molecule has 0 aliphatic rings. The largest absolute Gasteiger partial charge is 0.394 e. The van der Waals surface area contributed by atoms with Gasteiger partial charge >= 0.3 is 0 Å².